The summed E-state index contributed by atoms with van der Waals surface area (Å²) in [4.78, 5) is 36.0. The standard InChI is InChI=1S/C16H22N2O5/c1-9-6-10(2)13(7-12(9)15(21)23-5)17-16(22)18(4)8-11(3)14(19)20/h6-7,11H,8H2,1-5H3,(H,17,22)(H,19,20). The SMILES string of the molecule is COC(=O)c1cc(NC(=O)N(C)CC(C)C(=O)O)c(C)cc1C. The molecule has 0 spiro atoms. The highest BCUT2D eigenvalue weighted by atomic mass is 16.5. The van der Waals surface area contributed by atoms with Crippen molar-refractivity contribution in [2.45, 2.75) is 20.8 Å². The number of nitrogens with zero attached hydrogens (tertiary/aromatic N) is 1. The van der Waals surface area contributed by atoms with E-state index in [9.17, 15) is 14.4 Å². The number of carboxylic acid groups (broad SMARTS) is 1. The predicted molar refractivity (Wildman–Crippen MR) is 85.7 cm³/mol. The molecule has 1 atom stereocenters. The van der Waals surface area contributed by atoms with E-state index >= 15 is 0 Å². The Labute approximate surface area is 135 Å². The van der Waals surface area contributed by atoms with Crippen molar-refractivity contribution >= 4 is 23.7 Å². The molecule has 1 aromatic carbocycles. The highest BCUT2D eigenvalue weighted by Crippen LogP contribution is 2.22. The summed E-state index contributed by atoms with van der Waals surface area (Å²) in [5, 5.41) is 11.6. The first-order chi connectivity index (χ1) is 10.7. The molecule has 23 heavy (non-hydrogen) atoms. The first-order valence-corrected chi connectivity index (χ1v) is 7.11. The van der Waals surface area contributed by atoms with Gasteiger partial charge in [-0.1, -0.05) is 13.0 Å². The largest absolute Gasteiger partial charge is 0.481 e. The smallest absolute Gasteiger partial charge is 0.338 e. The molecule has 2 N–H and O–H groups in total. The van der Waals surface area contributed by atoms with Gasteiger partial charge in [-0.25, -0.2) is 9.59 Å². The van der Waals surface area contributed by atoms with Crippen LogP contribution in [-0.2, 0) is 9.53 Å². The topological polar surface area (TPSA) is 95.9 Å². The molecule has 1 rings (SSSR count). The predicted octanol–water partition coefficient (Wildman–Crippen LogP) is 2.27. The second-order valence-corrected chi connectivity index (χ2v) is 5.52. The minimum Gasteiger partial charge on any atom is -0.481 e. The molecule has 0 aliphatic rings. The van der Waals surface area contributed by atoms with Gasteiger partial charge in [0.25, 0.3) is 0 Å². The van der Waals surface area contributed by atoms with Crippen molar-refractivity contribution in [3.8, 4) is 0 Å². The van der Waals surface area contributed by atoms with Crippen molar-refractivity contribution in [2.75, 3.05) is 26.0 Å². The number of carboxylic acids is 1. The lowest BCUT2D eigenvalue weighted by Crippen LogP contribution is -2.36. The maximum atomic E-state index is 12.2. The van der Waals surface area contributed by atoms with Gasteiger partial charge in [0.2, 0.25) is 0 Å². The van der Waals surface area contributed by atoms with Gasteiger partial charge in [-0.2, -0.15) is 0 Å². The third kappa shape index (κ3) is 4.70. The van der Waals surface area contributed by atoms with Crippen LogP contribution >= 0.6 is 0 Å². The fourth-order valence-corrected chi connectivity index (χ4v) is 2.10. The van der Waals surface area contributed by atoms with Crippen molar-refractivity contribution < 1.29 is 24.2 Å². The molecule has 1 aromatic rings. The summed E-state index contributed by atoms with van der Waals surface area (Å²) >= 11 is 0. The van der Waals surface area contributed by atoms with E-state index in [1.165, 1.54) is 26.0 Å². The number of urea groups is 1. The van der Waals surface area contributed by atoms with Crippen LogP contribution < -0.4 is 5.32 Å². The van der Waals surface area contributed by atoms with Gasteiger partial charge >= 0.3 is 18.0 Å². The summed E-state index contributed by atoms with van der Waals surface area (Å²) in [6.45, 7) is 5.20. The summed E-state index contributed by atoms with van der Waals surface area (Å²) in [5.74, 6) is -2.12. The van der Waals surface area contributed by atoms with E-state index < -0.39 is 23.9 Å². The number of aliphatic carboxylic acids is 1. The van der Waals surface area contributed by atoms with E-state index in [1.807, 2.05) is 6.92 Å². The number of esters is 1. The maximum absolute atomic E-state index is 12.2. The first kappa shape index (κ1) is 18.5. The third-order valence-electron chi connectivity index (χ3n) is 3.53. The molecule has 7 nitrogen and oxygen atoms in total. The van der Waals surface area contributed by atoms with E-state index in [1.54, 1.807) is 19.1 Å². The molecule has 0 saturated carbocycles. The van der Waals surface area contributed by atoms with Crippen LogP contribution in [0.5, 0.6) is 0 Å². The molecule has 126 valence electrons. The Kier molecular flexibility index (Phi) is 6.12. The van der Waals surface area contributed by atoms with Crippen molar-refractivity contribution in [1.82, 2.24) is 4.90 Å². The van der Waals surface area contributed by atoms with Crippen molar-refractivity contribution in [3.05, 3.63) is 28.8 Å². The Morgan fingerprint density at radius 2 is 1.87 bits per heavy atom. The minimum atomic E-state index is -0.968. The lowest BCUT2D eigenvalue weighted by Gasteiger charge is -2.21. The molecule has 0 bridgehead atoms. The van der Waals surface area contributed by atoms with E-state index in [2.05, 4.69) is 5.32 Å². The maximum Gasteiger partial charge on any atom is 0.338 e. The van der Waals surface area contributed by atoms with Crippen LogP contribution in [0.4, 0.5) is 10.5 Å². The van der Waals surface area contributed by atoms with Crippen molar-refractivity contribution in [3.63, 3.8) is 0 Å². The second-order valence-electron chi connectivity index (χ2n) is 5.52. The van der Waals surface area contributed by atoms with Crippen molar-refractivity contribution in [2.24, 2.45) is 5.92 Å². The number of amides is 2. The van der Waals surface area contributed by atoms with E-state index in [0.29, 0.717) is 11.3 Å². The molecule has 0 aliphatic carbocycles. The summed E-state index contributed by atoms with van der Waals surface area (Å²) in [5.41, 5.74) is 2.40. The molecular weight excluding hydrogens is 300 g/mol. The van der Waals surface area contributed by atoms with Crippen LogP contribution in [0.1, 0.15) is 28.4 Å². The quantitative estimate of drug-likeness (QED) is 0.811. The number of hydrogen-bond donors (Lipinski definition) is 2. The number of methoxy groups -OCH3 is 1. The van der Waals surface area contributed by atoms with Crippen LogP contribution in [0.25, 0.3) is 0 Å². The number of carbonyl (C=O) groups is 3. The number of hydrogen-bond acceptors (Lipinski definition) is 4. The molecule has 1 unspecified atom stereocenters. The molecule has 0 radical (unpaired) electrons. The molecule has 0 fully saturated rings. The average Bonchev–Trinajstić information content (AvgIpc) is 2.48. The number of ether oxygens (including phenoxy) is 1. The molecule has 7 heteroatoms. The fourth-order valence-electron chi connectivity index (χ4n) is 2.10. The van der Waals surface area contributed by atoms with Crippen LogP contribution in [-0.4, -0.2) is 48.7 Å². The number of rotatable bonds is 5. The molecule has 0 aliphatic heterocycles. The summed E-state index contributed by atoms with van der Waals surface area (Å²) in [6.07, 6.45) is 0. The van der Waals surface area contributed by atoms with E-state index in [-0.39, 0.29) is 6.54 Å². The summed E-state index contributed by atoms with van der Waals surface area (Å²) in [7, 11) is 2.81. The number of carbonyl (C=O) groups excluding carboxylic acids is 2. The van der Waals surface area contributed by atoms with Crippen LogP contribution in [0, 0.1) is 19.8 Å². The summed E-state index contributed by atoms with van der Waals surface area (Å²) < 4.78 is 4.72. The zero-order valence-electron chi connectivity index (χ0n) is 14.0. The highest BCUT2D eigenvalue weighted by Gasteiger charge is 2.19. The number of aryl methyl sites for hydroxylation is 2. The van der Waals surface area contributed by atoms with Crippen LogP contribution in [0.3, 0.4) is 0 Å². The fraction of sp³-hybridized carbons (Fsp3) is 0.438. The monoisotopic (exact) mass is 322 g/mol. The second kappa shape index (κ2) is 7.62. The Bertz CT molecular complexity index is 627. The van der Waals surface area contributed by atoms with E-state index in [4.69, 9.17) is 9.84 Å². The zero-order valence-corrected chi connectivity index (χ0v) is 14.0. The van der Waals surface area contributed by atoms with Crippen LogP contribution in [0.2, 0.25) is 0 Å². The van der Waals surface area contributed by atoms with E-state index in [0.717, 1.165) is 11.1 Å². The number of anilines is 1. The first-order valence-electron chi connectivity index (χ1n) is 7.11. The normalized spacial score (nSPS) is 11.5. The highest BCUT2D eigenvalue weighted by molar-refractivity contribution is 5.95. The van der Waals surface area contributed by atoms with Crippen molar-refractivity contribution in [1.29, 1.82) is 0 Å². The lowest BCUT2D eigenvalue weighted by molar-refractivity contribution is -0.141. The lowest BCUT2D eigenvalue weighted by atomic mass is 10.0. The molecular formula is C16H22N2O5. The van der Waals surface area contributed by atoms with Gasteiger partial charge in [-0.3, -0.25) is 4.79 Å². The van der Waals surface area contributed by atoms with Gasteiger partial charge < -0.3 is 20.1 Å². The van der Waals surface area contributed by atoms with Gasteiger partial charge in [0.15, 0.2) is 0 Å². The van der Waals surface area contributed by atoms with Gasteiger partial charge in [-0.05, 0) is 31.0 Å². The molecule has 2 amide bonds. The van der Waals surface area contributed by atoms with Gasteiger partial charge in [0.1, 0.15) is 0 Å². The minimum absolute atomic E-state index is 0.0793. The Morgan fingerprint density at radius 3 is 2.39 bits per heavy atom. The van der Waals surface area contributed by atoms with Gasteiger partial charge in [0, 0.05) is 19.3 Å². The molecule has 0 heterocycles. The average molecular weight is 322 g/mol. The molecule has 0 aromatic heterocycles. The van der Waals surface area contributed by atoms with Gasteiger partial charge in [0.05, 0.1) is 18.6 Å². The Hall–Kier alpha value is -2.57. The number of benzene rings is 1. The third-order valence-corrected chi connectivity index (χ3v) is 3.53. The number of nitrogens with one attached hydrogen (secondary N) is 1. The molecule has 0 saturated heterocycles. The Balaban J connectivity index is 2.93. The summed E-state index contributed by atoms with van der Waals surface area (Å²) in [6, 6.07) is 2.89. The van der Waals surface area contributed by atoms with Crippen LogP contribution in [0.15, 0.2) is 12.1 Å². The Morgan fingerprint density at radius 1 is 1.26 bits per heavy atom. The zero-order chi connectivity index (χ0) is 17.7. The van der Waals surface area contributed by atoms with Gasteiger partial charge in [-0.15, -0.1) is 0 Å².